The van der Waals surface area contributed by atoms with Crippen molar-refractivity contribution in [3.05, 3.63) is 34.3 Å². The predicted octanol–water partition coefficient (Wildman–Crippen LogP) is 2.98. The van der Waals surface area contributed by atoms with E-state index in [0.29, 0.717) is 0 Å². The van der Waals surface area contributed by atoms with E-state index in [1.807, 2.05) is 0 Å². The molecular weight excluding hydrogens is 202 g/mol. The van der Waals surface area contributed by atoms with Gasteiger partial charge in [-0.15, -0.1) is 0 Å². The maximum Gasteiger partial charge on any atom is 0.335 e. The van der Waals surface area contributed by atoms with E-state index in [-0.39, 0.29) is 16.1 Å². The summed E-state index contributed by atoms with van der Waals surface area (Å²) in [6.07, 6.45) is -2.68. The number of alkyl halides is 2. The van der Waals surface area contributed by atoms with Crippen LogP contribution < -0.4 is 0 Å². The Morgan fingerprint density at radius 2 is 2.08 bits per heavy atom. The zero-order valence-electron chi connectivity index (χ0n) is 6.30. The minimum Gasteiger partial charge on any atom is -0.478 e. The molecular formula is C8H5ClF2O2. The molecule has 1 N–H and O–H groups in total. The molecule has 70 valence electrons. The molecule has 0 spiro atoms. The van der Waals surface area contributed by atoms with Gasteiger partial charge in [-0.05, 0) is 12.1 Å². The largest absolute Gasteiger partial charge is 0.478 e. The number of hydrogen-bond donors (Lipinski definition) is 1. The molecule has 0 radical (unpaired) electrons. The molecule has 0 atom stereocenters. The molecule has 0 unspecified atom stereocenters. The Labute approximate surface area is 77.8 Å². The first-order valence-corrected chi connectivity index (χ1v) is 3.71. The van der Waals surface area contributed by atoms with Crippen LogP contribution in [0.25, 0.3) is 0 Å². The molecule has 1 aromatic carbocycles. The van der Waals surface area contributed by atoms with Crippen LogP contribution in [0, 0.1) is 0 Å². The van der Waals surface area contributed by atoms with Crippen molar-refractivity contribution >= 4 is 17.6 Å². The second-order valence-corrected chi connectivity index (χ2v) is 2.75. The van der Waals surface area contributed by atoms with Crippen molar-refractivity contribution in [2.45, 2.75) is 6.43 Å². The van der Waals surface area contributed by atoms with E-state index in [2.05, 4.69) is 0 Å². The molecule has 2 nitrogen and oxygen atoms in total. The Balaban J connectivity index is 3.13. The summed E-state index contributed by atoms with van der Waals surface area (Å²) in [5.74, 6) is -1.19. The molecule has 0 aliphatic heterocycles. The fourth-order valence-corrected chi connectivity index (χ4v) is 1.10. The predicted molar refractivity (Wildman–Crippen MR) is 43.4 cm³/mol. The van der Waals surface area contributed by atoms with Crippen molar-refractivity contribution in [2.24, 2.45) is 0 Å². The summed E-state index contributed by atoms with van der Waals surface area (Å²) in [5.41, 5.74) is -0.457. The summed E-state index contributed by atoms with van der Waals surface area (Å²) in [4.78, 5) is 10.4. The van der Waals surface area contributed by atoms with Gasteiger partial charge in [-0.25, -0.2) is 13.6 Å². The van der Waals surface area contributed by atoms with E-state index >= 15 is 0 Å². The summed E-state index contributed by atoms with van der Waals surface area (Å²) in [5, 5.41) is 8.27. The quantitative estimate of drug-likeness (QED) is 0.808. The molecule has 0 fully saturated rings. The highest BCUT2D eigenvalue weighted by atomic mass is 35.5. The Hall–Kier alpha value is -1.16. The molecule has 0 aromatic heterocycles. The fourth-order valence-electron chi connectivity index (χ4n) is 0.837. The third-order valence-electron chi connectivity index (χ3n) is 1.48. The second-order valence-electron chi connectivity index (χ2n) is 2.34. The van der Waals surface area contributed by atoms with E-state index in [9.17, 15) is 13.6 Å². The van der Waals surface area contributed by atoms with Crippen LogP contribution in [0.2, 0.25) is 5.02 Å². The van der Waals surface area contributed by atoms with Crippen LogP contribution in [0.1, 0.15) is 22.3 Å². The lowest BCUT2D eigenvalue weighted by Crippen LogP contribution is -1.97. The third kappa shape index (κ3) is 2.15. The molecule has 0 saturated heterocycles. The summed E-state index contributed by atoms with van der Waals surface area (Å²) in [7, 11) is 0. The lowest BCUT2D eigenvalue weighted by molar-refractivity contribution is 0.0696. The standard InChI is InChI=1S/C8H5ClF2O2/c9-6-3-4(8(12)13)1-2-5(6)7(10)11/h1-3,7H,(H,12,13). The lowest BCUT2D eigenvalue weighted by atomic mass is 10.1. The maximum absolute atomic E-state index is 12.1. The Kier molecular flexibility index (Phi) is 2.83. The maximum atomic E-state index is 12.1. The van der Waals surface area contributed by atoms with Gasteiger partial charge in [0.15, 0.2) is 0 Å². The lowest BCUT2D eigenvalue weighted by Gasteiger charge is -2.02. The summed E-state index contributed by atoms with van der Waals surface area (Å²) < 4.78 is 24.3. The van der Waals surface area contributed by atoms with Gasteiger partial charge in [0.25, 0.3) is 6.43 Å². The van der Waals surface area contributed by atoms with Crippen LogP contribution in [0.4, 0.5) is 8.78 Å². The molecule has 1 rings (SSSR count). The summed E-state index contributed by atoms with van der Waals surface area (Å²) in [6, 6.07) is 3.11. The minimum absolute atomic E-state index is 0.102. The van der Waals surface area contributed by atoms with Crippen molar-refractivity contribution in [2.75, 3.05) is 0 Å². The van der Waals surface area contributed by atoms with Gasteiger partial charge < -0.3 is 5.11 Å². The SMILES string of the molecule is O=C(O)c1ccc(C(F)F)c(Cl)c1. The average molecular weight is 207 g/mol. The molecule has 1 aromatic rings. The van der Waals surface area contributed by atoms with Crippen molar-refractivity contribution in [1.82, 2.24) is 0 Å². The number of hydrogen-bond acceptors (Lipinski definition) is 1. The number of carboxylic acids is 1. The first kappa shape index (κ1) is 9.92. The Bertz CT molecular complexity index is 339. The second kappa shape index (κ2) is 3.70. The molecule has 13 heavy (non-hydrogen) atoms. The van der Waals surface area contributed by atoms with Crippen molar-refractivity contribution in [3.63, 3.8) is 0 Å². The van der Waals surface area contributed by atoms with Crippen LogP contribution in [-0.4, -0.2) is 11.1 Å². The molecule has 0 aliphatic rings. The first-order chi connectivity index (χ1) is 6.02. The van der Waals surface area contributed by atoms with Gasteiger partial charge in [0, 0.05) is 5.56 Å². The minimum atomic E-state index is -2.68. The third-order valence-corrected chi connectivity index (χ3v) is 1.81. The van der Waals surface area contributed by atoms with E-state index in [4.69, 9.17) is 16.7 Å². The van der Waals surface area contributed by atoms with Crippen LogP contribution in [0.15, 0.2) is 18.2 Å². The molecule has 0 aliphatic carbocycles. The Morgan fingerprint density at radius 3 is 2.46 bits per heavy atom. The number of carboxylic acid groups (broad SMARTS) is 1. The normalized spacial score (nSPS) is 10.5. The topological polar surface area (TPSA) is 37.3 Å². The monoisotopic (exact) mass is 206 g/mol. The number of halogens is 3. The van der Waals surface area contributed by atoms with Crippen LogP contribution in [-0.2, 0) is 0 Å². The average Bonchev–Trinajstić information content (AvgIpc) is 2.03. The van der Waals surface area contributed by atoms with E-state index in [0.717, 1.165) is 18.2 Å². The van der Waals surface area contributed by atoms with Crippen LogP contribution >= 0.6 is 11.6 Å². The highest BCUT2D eigenvalue weighted by Gasteiger charge is 2.13. The van der Waals surface area contributed by atoms with Gasteiger partial charge in [0.2, 0.25) is 0 Å². The van der Waals surface area contributed by atoms with Gasteiger partial charge >= 0.3 is 5.97 Å². The van der Waals surface area contributed by atoms with Gasteiger partial charge in [-0.3, -0.25) is 0 Å². The highest BCUT2D eigenvalue weighted by Crippen LogP contribution is 2.27. The first-order valence-electron chi connectivity index (χ1n) is 3.33. The van der Waals surface area contributed by atoms with Crippen molar-refractivity contribution in [1.29, 1.82) is 0 Å². The van der Waals surface area contributed by atoms with Gasteiger partial charge in [-0.1, -0.05) is 17.7 Å². The molecule has 0 heterocycles. The molecule has 5 heteroatoms. The van der Waals surface area contributed by atoms with E-state index in [1.54, 1.807) is 0 Å². The fraction of sp³-hybridized carbons (Fsp3) is 0.125. The zero-order chi connectivity index (χ0) is 10.0. The van der Waals surface area contributed by atoms with Gasteiger partial charge in [-0.2, -0.15) is 0 Å². The summed E-state index contributed by atoms with van der Waals surface area (Å²) >= 11 is 5.43. The number of benzene rings is 1. The van der Waals surface area contributed by atoms with Crippen molar-refractivity contribution < 1.29 is 18.7 Å². The smallest absolute Gasteiger partial charge is 0.335 e. The van der Waals surface area contributed by atoms with E-state index < -0.39 is 12.4 Å². The van der Waals surface area contributed by atoms with Gasteiger partial charge in [0.05, 0.1) is 10.6 Å². The van der Waals surface area contributed by atoms with Crippen LogP contribution in [0.5, 0.6) is 0 Å². The number of carbonyl (C=O) groups is 1. The highest BCUT2D eigenvalue weighted by molar-refractivity contribution is 6.31. The van der Waals surface area contributed by atoms with Crippen molar-refractivity contribution in [3.8, 4) is 0 Å². The Morgan fingerprint density at radius 1 is 1.46 bits per heavy atom. The molecule has 0 bridgehead atoms. The van der Waals surface area contributed by atoms with Gasteiger partial charge in [0.1, 0.15) is 0 Å². The number of aromatic carboxylic acids is 1. The summed E-state index contributed by atoms with van der Waals surface area (Å²) in [6.45, 7) is 0. The zero-order valence-corrected chi connectivity index (χ0v) is 7.05. The number of rotatable bonds is 2. The van der Waals surface area contributed by atoms with Crippen LogP contribution in [0.3, 0.4) is 0 Å². The van der Waals surface area contributed by atoms with E-state index in [1.165, 1.54) is 0 Å². The molecule has 0 saturated carbocycles. The molecule has 0 amide bonds.